The van der Waals surface area contributed by atoms with E-state index in [-0.39, 0.29) is 0 Å². The number of hydrogen-bond acceptors (Lipinski definition) is 1. The van der Waals surface area contributed by atoms with Gasteiger partial charge in [0.05, 0.1) is 0 Å². The van der Waals surface area contributed by atoms with Crippen molar-refractivity contribution in [3.8, 4) is 6.07 Å². The Hall–Kier alpha value is -0.212. The van der Waals surface area contributed by atoms with Crippen molar-refractivity contribution in [2.45, 2.75) is 37.1 Å². The van der Waals surface area contributed by atoms with Gasteiger partial charge in [-0.25, -0.2) is 0 Å². The Balaban J connectivity index is 4.14. The minimum absolute atomic E-state index is 0.770. The molecule has 2 heteroatoms. The van der Waals surface area contributed by atoms with E-state index in [9.17, 15) is 0 Å². The van der Waals surface area contributed by atoms with E-state index in [0.29, 0.717) is 0 Å². The topological polar surface area (TPSA) is 23.8 Å². The molecule has 0 unspecified atom stereocenters. The van der Waals surface area contributed by atoms with Crippen molar-refractivity contribution >= 4 is 14.7 Å². The van der Waals surface area contributed by atoms with Gasteiger partial charge in [0.25, 0.3) is 0 Å². The molecule has 0 fully saturated rings. The second kappa shape index (κ2) is 5.44. The van der Waals surface area contributed by atoms with Gasteiger partial charge >= 0.3 is 74.0 Å². The first kappa shape index (κ1) is 10.8. The average molecular weight is 213 g/mol. The van der Waals surface area contributed by atoms with Gasteiger partial charge in [-0.3, -0.25) is 0 Å². The molecule has 0 aromatic rings. The standard InChI is InChI=1S/C9H16AsN/c1-8(2)10(9(3)4)6-5-7-11/h5-6,8-9H,1-4H3/b6-5+. The van der Waals surface area contributed by atoms with Crippen molar-refractivity contribution in [3.63, 3.8) is 0 Å². The van der Waals surface area contributed by atoms with Crippen LogP contribution in [0.4, 0.5) is 0 Å². The summed E-state index contributed by atoms with van der Waals surface area (Å²) in [5.74, 6) is 0. The Morgan fingerprint density at radius 1 is 1.18 bits per heavy atom. The van der Waals surface area contributed by atoms with Crippen LogP contribution >= 0.6 is 0 Å². The quantitative estimate of drug-likeness (QED) is 0.522. The first-order valence-electron chi connectivity index (χ1n) is 3.93. The van der Waals surface area contributed by atoms with Gasteiger partial charge in [0.2, 0.25) is 0 Å². The van der Waals surface area contributed by atoms with E-state index >= 15 is 0 Å². The van der Waals surface area contributed by atoms with Gasteiger partial charge in [-0.2, -0.15) is 0 Å². The van der Waals surface area contributed by atoms with Crippen LogP contribution in [-0.2, 0) is 0 Å². The molecule has 0 N–H and O–H groups in total. The van der Waals surface area contributed by atoms with Crippen LogP contribution in [0.25, 0.3) is 0 Å². The van der Waals surface area contributed by atoms with Crippen molar-refractivity contribution in [1.29, 1.82) is 5.26 Å². The second-order valence-corrected chi connectivity index (χ2v) is 9.92. The first-order chi connectivity index (χ1) is 5.09. The van der Waals surface area contributed by atoms with E-state index in [1.807, 2.05) is 0 Å². The fourth-order valence-electron chi connectivity index (χ4n) is 1.06. The van der Waals surface area contributed by atoms with Crippen LogP contribution in [0.1, 0.15) is 27.7 Å². The Morgan fingerprint density at radius 3 is 1.91 bits per heavy atom. The van der Waals surface area contributed by atoms with Gasteiger partial charge in [0, 0.05) is 0 Å². The summed E-state index contributed by atoms with van der Waals surface area (Å²) in [7, 11) is 0. The summed E-state index contributed by atoms with van der Waals surface area (Å²) < 4.78 is 1.54. The molecule has 0 saturated carbocycles. The predicted octanol–water partition coefficient (Wildman–Crippen LogP) is 2.92. The zero-order chi connectivity index (χ0) is 8.85. The molecule has 1 nitrogen and oxygen atoms in total. The zero-order valence-electron chi connectivity index (χ0n) is 7.70. The zero-order valence-corrected chi connectivity index (χ0v) is 9.58. The van der Waals surface area contributed by atoms with Gasteiger partial charge in [-0.15, -0.1) is 0 Å². The van der Waals surface area contributed by atoms with Crippen LogP contribution in [0, 0.1) is 11.3 Å². The second-order valence-electron chi connectivity index (χ2n) is 3.08. The third kappa shape index (κ3) is 4.27. The summed E-state index contributed by atoms with van der Waals surface area (Å²) in [5.41, 5.74) is 0. The molecular formula is C9H16AsN. The number of allylic oxidation sites excluding steroid dienone is 1. The minimum atomic E-state index is -0.868. The van der Waals surface area contributed by atoms with Crippen LogP contribution in [-0.4, -0.2) is 14.7 Å². The molecule has 0 rings (SSSR count). The molecule has 62 valence electrons. The molecular weight excluding hydrogens is 197 g/mol. The first-order valence-corrected chi connectivity index (χ1v) is 7.18. The van der Waals surface area contributed by atoms with E-state index in [4.69, 9.17) is 5.26 Å². The van der Waals surface area contributed by atoms with Gasteiger partial charge in [-0.1, -0.05) is 0 Å². The van der Waals surface area contributed by atoms with E-state index in [1.165, 1.54) is 0 Å². The van der Waals surface area contributed by atoms with Crippen LogP contribution in [0.2, 0.25) is 9.41 Å². The van der Waals surface area contributed by atoms with E-state index in [1.54, 1.807) is 6.08 Å². The van der Waals surface area contributed by atoms with Crippen LogP contribution in [0.15, 0.2) is 10.9 Å². The molecule has 0 aromatic carbocycles. The maximum absolute atomic E-state index is 8.37. The SMILES string of the molecule is CC(C)[As](/C=C/C#N)C(C)C. The van der Waals surface area contributed by atoms with Crippen molar-refractivity contribution in [2.75, 3.05) is 0 Å². The van der Waals surface area contributed by atoms with Gasteiger partial charge in [0.1, 0.15) is 0 Å². The van der Waals surface area contributed by atoms with Gasteiger partial charge in [-0.05, 0) is 0 Å². The number of nitriles is 1. The third-order valence-corrected chi connectivity index (χ3v) is 7.55. The molecule has 0 bridgehead atoms. The van der Waals surface area contributed by atoms with Crippen molar-refractivity contribution in [3.05, 3.63) is 10.9 Å². The summed E-state index contributed by atoms with van der Waals surface area (Å²) in [6, 6.07) is 2.06. The Morgan fingerprint density at radius 2 is 1.64 bits per heavy atom. The molecule has 11 heavy (non-hydrogen) atoms. The van der Waals surface area contributed by atoms with Crippen molar-refractivity contribution < 1.29 is 0 Å². The molecule has 0 heterocycles. The average Bonchev–Trinajstić information content (AvgIpc) is 1.87. The number of hydrogen-bond donors (Lipinski definition) is 0. The molecule has 0 aliphatic heterocycles. The van der Waals surface area contributed by atoms with Crippen LogP contribution in [0.3, 0.4) is 0 Å². The number of rotatable bonds is 3. The fourth-order valence-corrected chi connectivity index (χ4v) is 5.51. The summed E-state index contributed by atoms with van der Waals surface area (Å²) in [4.78, 5) is 2.16. The number of nitrogens with zero attached hydrogens (tertiary/aromatic N) is 1. The molecule has 0 aromatic heterocycles. The van der Waals surface area contributed by atoms with E-state index in [2.05, 4.69) is 38.6 Å². The summed E-state index contributed by atoms with van der Waals surface area (Å²) in [5, 5.41) is 8.37. The summed E-state index contributed by atoms with van der Waals surface area (Å²) in [6.45, 7) is 9.01. The van der Waals surface area contributed by atoms with E-state index < -0.39 is 14.7 Å². The Kier molecular flexibility index (Phi) is 5.34. The third-order valence-electron chi connectivity index (χ3n) is 1.51. The summed E-state index contributed by atoms with van der Waals surface area (Å²) >= 11 is -0.868. The fraction of sp³-hybridized carbons (Fsp3) is 0.667. The molecule has 0 radical (unpaired) electrons. The Bertz CT molecular complexity index is 157. The normalized spacial score (nSPS) is 11.8. The molecule has 0 amide bonds. The van der Waals surface area contributed by atoms with Crippen LogP contribution < -0.4 is 0 Å². The Labute approximate surface area is 74.4 Å². The summed E-state index contributed by atoms with van der Waals surface area (Å²) in [6.07, 6.45) is 1.65. The monoisotopic (exact) mass is 213 g/mol. The molecule has 0 aliphatic carbocycles. The molecule has 0 spiro atoms. The van der Waals surface area contributed by atoms with Gasteiger partial charge < -0.3 is 0 Å². The van der Waals surface area contributed by atoms with Crippen molar-refractivity contribution in [2.24, 2.45) is 0 Å². The van der Waals surface area contributed by atoms with Crippen LogP contribution in [0.5, 0.6) is 0 Å². The maximum atomic E-state index is 8.37. The van der Waals surface area contributed by atoms with E-state index in [0.717, 1.165) is 9.41 Å². The van der Waals surface area contributed by atoms with Crippen molar-refractivity contribution in [1.82, 2.24) is 0 Å². The molecule has 0 atom stereocenters. The molecule has 0 aliphatic rings. The predicted molar refractivity (Wildman–Crippen MR) is 50.7 cm³/mol. The molecule has 0 saturated heterocycles. The van der Waals surface area contributed by atoms with Gasteiger partial charge in [0.15, 0.2) is 0 Å².